The molecule has 10 heteroatoms. The number of likely N-dealkylation sites (tertiary alicyclic amines) is 1. The molecule has 9 nitrogen and oxygen atoms in total. The third-order valence-corrected chi connectivity index (χ3v) is 7.31. The molecule has 0 N–H and O–H groups in total. The number of piperidine rings is 1. The number of nitrogens with zero attached hydrogens (tertiary/aromatic N) is 6. The van der Waals surface area contributed by atoms with Crippen molar-refractivity contribution < 1.29 is 14.3 Å². The zero-order valence-electron chi connectivity index (χ0n) is 19.8. The van der Waals surface area contributed by atoms with Crippen LogP contribution in [0.4, 0.5) is 10.6 Å². The van der Waals surface area contributed by atoms with Crippen molar-refractivity contribution in [3.63, 3.8) is 0 Å². The highest BCUT2D eigenvalue weighted by Gasteiger charge is 2.45. The number of halogens is 1. The van der Waals surface area contributed by atoms with Gasteiger partial charge in [0, 0.05) is 32.2 Å². The van der Waals surface area contributed by atoms with Gasteiger partial charge in [-0.2, -0.15) is 14.6 Å². The number of ether oxygens (including phenoxy) is 2. The first-order valence-corrected chi connectivity index (χ1v) is 12.6. The highest BCUT2D eigenvalue weighted by Crippen LogP contribution is 2.35. The number of rotatable bonds is 3. The van der Waals surface area contributed by atoms with Gasteiger partial charge in [-0.05, 0) is 69.4 Å². The average Bonchev–Trinajstić information content (AvgIpc) is 3.24. The molecule has 0 radical (unpaired) electrons. The van der Waals surface area contributed by atoms with Crippen LogP contribution in [0.2, 0.25) is 0 Å². The summed E-state index contributed by atoms with van der Waals surface area (Å²) in [5, 5.41) is 4.56. The minimum absolute atomic E-state index is 0.124. The molecule has 0 spiro atoms. The standard InChI is InChI=1S/C23H33BrN6O3/c1-23(2,3)33-22(31)29-15-5-6-16(29)14-28(13-15)20-11-19(26-21-18(24)12-25-30(20)21)32-17-7-9-27(4)10-8-17/h11-12,15-17H,5-10,13-14H2,1-4H3. The summed E-state index contributed by atoms with van der Waals surface area (Å²) in [6.45, 7) is 9.28. The Morgan fingerprint density at radius 2 is 1.79 bits per heavy atom. The first-order chi connectivity index (χ1) is 15.7. The maximum absolute atomic E-state index is 12.9. The first-order valence-electron chi connectivity index (χ1n) is 11.8. The second-order valence-electron chi connectivity index (χ2n) is 10.5. The number of hydrogen-bond acceptors (Lipinski definition) is 7. The van der Waals surface area contributed by atoms with E-state index in [1.54, 1.807) is 6.20 Å². The molecular weight excluding hydrogens is 488 g/mol. The van der Waals surface area contributed by atoms with Gasteiger partial charge in [0.05, 0.1) is 22.8 Å². The Kier molecular flexibility index (Phi) is 5.93. The Morgan fingerprint density at radius 1 is 1.12 bits per heavy atom. The second-order valence-corrected chi connectivity index (χ2v) is 11.3. The fraction of sp³-hybridized carbons (Fsp3) is 0.696. The molecule has 2 atom stereocenters. The summed E-state index contributed by atoms with van der Waals surface area (Å²) in [6, 6.07) is 2.26. The SMILES string of the molecule is CN1CCC(Oc2cc(N3CC4CCC(C3)N4C(=O)OC(C)(C)C)n3ncc(Br)c3n2)CC1. The molecule has 0 saturated carbocycles. The van der Waals surface area contributed by atoms with Gasteiger partial charge in [0.2, 0.25) is 5.88 Å². The second kappa shape index (κ2) is 8.61. The molecule has 2 aromatic rings. The van der Waals surface area contributed by atoms with Gasteiger partial charge < -0.3 is 19.3 Å². The van der Waals surface area contributed by atoms with Crippen LogP contribution < -0.4 is 9.64 Å². The molecule has 0 aromatic carbocycles. The fourth-order valence-corrected chi connectivity index (χ4v) is 5.51. The number of piperazine rings is 1. The van der Waals surface area contributed by atoms with Crippen LogP contribution in [-0.4, -0.2) is 87.5 Å². The summed E-state index contributed by atoms with van der Waals surface area (Å²) in [6.07, 6.45) is 5.70. The molecule has 33 heavy (non-hydrogen) atoms. The van der Waals surface area contributed by atoms with E-state index in [0.717, 1.165) is 67.8 Å². The molecule has 3 aliphatic rings. The molecular formula is C23H33BrN6O3. The van der Waals surface area contributed by atoms with Crippen LogP contribution >= 0.6 is 15.9 Å². The Hall–Kier alpha value is -2.07. The molecule has 180 valence electrons. The molecule has 0 aliphatic carbocycles. The lowest BCUT2D eigenvalue weighted by molar-refractivity contribution is 0.0122. The molecule has 3 fully saturated rings. The lowest BCUT2D eigenvalue weighted by Gasteiger charge is -2.42. The quantitative estimate of drug-likeness (QED) is 0.612. The lowest BCUT2D eigenvalue weighted by atomic mass is 10.1. The molecule has 2 aromatic heterocycles. The zero-order chi connectivity index (χ0) is 23.3. The maximum Gasteiger partial charge on any atom is 0.410 e. The minimum Gasteiger partial charge on any atom is -0.474 e. The van der Waals surface area contributed by atoms with Crippen molar-refractivity contribution >= 4 is 33.5 Å². The Bertz CT molecular complexity index is 1020. The third-order valence-electron chi connectivity index (χ3n) is 6.75. The van der Waals surface area contributed by atoms with Gasteiger partial charge in [-0.15, -0.1) is 0 Å². The van der Waals surface area contributed by atoms with Gasteiger partial charge in [-0.1, -0.05) is 0 Å². The van der Waals surface area contributed by atoms with Gasteiger partial charge >= 0.3 is 6.09 Å². The van der Waals surface area contributed by atoms with E-state index in [9.17, 15) is 4.79 Å². The van der Waals surface area contributed by atoms with E-state index in [1.807, 2.05) is 36.3 Å². The number of amides is 1. The summed E-state index contributed by atoms with van der Waals surface area (Å²) < 4.78 is 14.7. The van der Waals surface area contributed by atoms with Gasteiger partial charge in [0.1, 0.15) is 17.5 Å². The number of hydrogen-bond donors (Lipinski definition) is 0. The Morgan fingerprint density at radius 3 is 2.42 bits per heavy atom. The highest BCUT2D eigenvalue weighted by molar-refractivity contribution is 9.10. The smallest absolute Gasteiger partial charge is 0.410 e. The van der Waals surface area contributed by atoms with E-state index in [-0.39, 0.29) is 24.3 Å². The fourth-order valence-electron chi connectivity index (χ4n) is 5.16. The number of carbonyl (C=O) groups excluding carboxylic acids is 1. The van der Waals surface area contributed by atoms with Crippen LogP contribution in [0.25, 0.3) is 5.65 Å². The zero-order valence-corrected chi connectivity index (χ0v) is 21.4. The normalized spacial score (nSPS) is 24.5. The Labute approximate surface area is 203 Å². The van der Waals surface area contributed by atoms with Crippen molar-refractivity contribution in [2.75, 3.05) is 38.1 Å². The van der Waals surface area contributed by atoms with Crippen molar-refractivity contribution in [2.45, 2.75) is 70.2 Å². The molecule has 1 amide bonds. The summed E-state index contributed by atoms with van der Waals surface area (Å²) in [5.74, 6) is 1.59. The monoisotopic (exact) mass is 520 g/mol. The maximum atomic E-state index is 12.9. The van der Waals surface area contributed by atoms with E-state index in [2.05, 4.69) is 37.9 Å². The van der Waals surface area contributed by atoms with Crippen molar-refractivity contribution in [3.05, 3.63) is 16.7 Å². The molecule has 2 unspecified atom stereocenters. The van der Waals surface area contributed by atoms with Crippen molar-refractivity contribution in [2.24, 2.45) is 0 Å². The van der Waals surface area contributed by atoms with Gasteiger partial charge in [-0.25, -0.2) is 4.79 Å². The minimum atomic E-state index is -0.494. The van der Waals surface area contributed by atoms with Crippen molar-refractivity contribution in [1.82, 2.24) is 24.4 Å². The summed E-state index contributed by atoms with van der Waals surface area (Å²) in [7, 11) is 2.15. The summed E-state index contributed by atoms with van der Waals surface area (Å²) in [4.78, 5) is 24.2. The molecule has 5 heterocycles. The van der Waals surface area contributed by atoms with Gasteiger partial charge in [0.25, 0.3) is 0 Å². The summed E-state index contributed by atoms with van der Waals surface area (Å²) in [5.41, 5.74) is 0.254. The lowest BCUT2D eigenvalue weighted by Crippen LogP contribution is -2.57. The van der Waals surface area contributed by atoms with E-state index in [0.29, 0.717) is 5.88 Å². The van der Waals surface area contributed by atoms with Crippen LogP contribution in [0.15, 0.2) is 16.7 Å². The summed E-state index contributed by atoms with van der Waals surface area (Å²) >= 11 is 3.59. The Balaban J connectivity index is 1.39. The molecule has 3 aliphatic heterocycles. The van der Waals surface area contributed by atoms with E-state index >= 15 is 0 Å². The number of anilines is 1. The molecule has 2 bridgehead atoms. The van der Waals surface area contributed by atoms with Crippen LogP contribution in [0, 0.1) is 0 Å². The van der Waals surface area contributed by atoms with Crippen LogP contribution in [0.3, 0.4) is 0 Å². The van der Waals surface area contributed by atoms with Crippen molar-refractivity contribution in [1.29, 1.82) is 0 Å². The van der Waals surface area contributed by atoms with Crippen LogP contribution in [0.5, 0.6) is 5.88 Å². The van der Waals surface area contributed by atoms with E-state index in [1.165, 1.54) is 0 Å². The molecule has 5 rings (SSSR count). The number of carbonyl (C=O) groups is 1. The van der Waals surface area contributed by atoms with E-state index in [4.69, 9.17) is 14.5 Å². The third kappa shape index (κ3) is 4.64. The van der Waals surface area contributed by atoms with Crippen LogP contribution in [0.1, 0.15) is 46.5 Å². The van der Waals surface area contributed by atoms with E-state index < -0.39 is 5.60 Å². The van der Waals surface area contributed by atoms with Crippen molar-refractivity contribution in [3.8, 4) is 5.88 Å². The van der Waals surface area contributed by atoms with Gasteiger partial charge in [-0.3, -0.25) is 4.90 Å². The number of aromatic nitrogens is 3. The molecule has 3 saturated heterocycles. The highest BCUT2D eigenvalue weighted by atomic mass is 79.9. The first kappa shape index (κ1) is 22.7. The largest absolute Gasteiger partial charge is 0.474 e. The van der Waals surface area contributed by atoms with Gasteiger partial charge in [0.15, 0.2) is 5.65 Å². The predicted octanol–water partition coefficient (Wildman–Crippen LogP) is 3.55. The average molecular weight is 521 g/mol. The number of fused-ring (bicyclic) bond motifs is 3. The predicted molar refractivity (Wildman–Crippen MR) is 129 cm³/mol. The van der Waals surface area contributed by atoms with Crippen LogP contribution in [-0.2, 0) is 4.74 Å². The topological polar surface area (TPSA) is 75.4 Å².